The summed E-state index contributed by atoms with van der Waals surface area (Å²) in [6, 6.07) is 3.52. The number of rotatable bonds is 5. The van der Waals surface area contributed by atoms with Crippen LogP contribution in [0.2, 0.25) is 0 Å². The number of nitrogens with zero attached hydrogens (tertiary/aromatic N) is 1. The predicted molar refractivity (Wildman–Crippen MR) is 65.9 cm³/mol. The molecule has 0 bridgehead atoms. The van der Waals surface area contributed by atoms with Gasteiger partial charge >= 0.3 is 0 Å². The van der Waals surface area contributed by atoms with Crippen molar-refractivity contribution in [2.24, 2.45) is 5.92 Å². The van der Waals surface area contributed by atoms with Gasteiger partial charge in [0.2, 0.25) is 0 Å². The van der Waals surface area contributed by atoms with Crippen LogP contribution in [0, 0.1) is 21.8 Å². The Morgan fingerprint density at radius 1 is 1.53 bits per heavy atom. The normalized spacial score (nSPS) is 14.4. The van der Waals surface area contributed by atoms with Crippen LogP contribution in [0.4, 0.5) is 10.1 Å². The van der Waals surface area contributed by atoms with Crippen LogP contribution in [0.5, 0.6) is 0 Å². The maximum atomic E-state index is 13.1. The first-order valence-corrected chi connectivity index (χ1v) is 5.96. The zero-order valence-electron chi connectivity index (χ0n) is 9.82. The van der Waals surface area contributed by atoms with E-state index in [-0.39, 0.29) is 17.0 Å². The highest BCUT2D eigenvalue weighted by Gasteiger charge is 2.20. The van der Waals surface area contributed by atoms with Crippen LogP contribution >= 0.6 is 11.6 Å². The number of alkyl halides is 1. The number of nitro groups is 1. The van der Waals surface area contributed by atoms with Crippen molar-refractivity contribution < 1.29 is 9.31 Å². The van der Waals surface area contributed by atoms with E-state index in [9.17, 15) is 14.5 Å². The molecule has 0 saturated heterocycles. The number of hydrogen-bond acceptors (Lipinski definition) is 2. The van der Waals surface area contributed by atoms with E-state index in [0.717, 1.165) is 12.5 Å². The molecule has 0 fully saturated rings. The SMILES string of the molecule is CCC(Cl)C(C)Cc1cc(F)ccc1[N+](=O)[O-]. The number of nitro benzene ring substituents is 1. The molecule has 2 unspecified atom stereocenters. The maximum Gasteiger partial charge on any atom is 0.272 e. The van der Waals surface area contributed by atoms with Crippen molar-refractivity contribution in [2.75, 3.05) is 0 Å². The van der Waals surface area contributed by atoms with Crippen molar-refractivity contribution in [1.82, 2.24) is 0 Å². The molecular weight excluding hydrogens is 245 g/mol. The van der Waals surface area contributed by atoms with Crippen molar-refractivity contribution >= 4 is 17.3 Å². The molecule has 0 N–H and O–H groups in total. The largest absolute Gasteiger partial charge is 0.272 e. The zero-order valence-corrected chi connectivity index (χ0v) is 10.6. The summed E-state index contributed by atoms with van der Waals surface area (Å²) in [4.78, 5) is 10.3. The highest BCUT2D eigenvalue weighted by molar-refractivity contribution is 6.20. The van der Waals surface area contributed by atoms with Crippen LogP contribution in [-0.4, -0.2) is 10.3 Å². The van der Waals surface area contributed by atoms with E-state index in [4.69, 9.17) is 11.6 Å². The van der Waals surface area contributed by atoms with Gasteiger partial charge in [0.15, 0.2) is 0 Å². The van der Waals surface area contributed by atoms with Gasteiger partial charge in [-0.3, -0.25) is 10.1 Å². The molecule has 0 aliphatic carbocycles. The number of hydrogen-bond donors (Lipinski definition) is 0. The Balaban J connectivity index is 2.96. The Labute approximate surface area is 105 Å². The lowest BCUT2D eigenvalue weighted by Gasteiger charge is -2.16. The summed E-state index contributed by atoms with van der Waals surface area (Å²) in [7, 11) is 0. The van der Waals surface area contributed by atoms with Gasteiger partial charge in [-0.15, -0.1) is 11.6 Å². The summed E-state index contributed by atoms with van der Waals surface area (Å²) in [6.07, 6.45) is 1.20. The Bertz CT molecular complexity index is 411. The molecule has 2 atom stereocenters. The summed E-state index contributed by atoms with van der Waals surface area (Å²) in [5.41, 5.74) is 0.361. The first-order chi connectivity index (χ1) is 7.95. The van der Waals surface area contributed by atoms with Crippen LogP contribution in [0.25, 0.3) is 0 Å². The van der Waals surface area contributed by atoms with E-state index in [1.807, 2.05) is 13.8 Å². The average molecular weight is 260 g/mol. The van der Waals surface area contributed by atoms with Crippen LogP contribution < -0.4 is 0 Å². The van der Waals surface area contributed by atoms with Crippen LogP contribution in [-0.2, 0) is 6.42 Å². The third kappa shape index (κ3) is 3.66. The fourth-order valence-electron chi connectivity index (χ4n) is 1.77. The molecule has 0 aromatic heterocycles. The lowest BCUT2D eigenvalue weighted by Crippen LogP contribution is -2.14. The summed E-state index contributed by atoms with van der Waals surface area (Å²) in [5, 5.41) is 10.7. The molecule has 0 spiro atoms. The van der Waals surface area contributed by atoms with Crippen molar-refractivity contribution in [3.8, 4) is 0 Å². The van der Waals surface area contributed by atoms with E-state index >= 15 is 0 Å². The fourth-order valence-corrected chi connectivity index (χ4v) is 1.86. The average Bonchev–Trinajstić information content (AvgIpc) is 2.27. The number of halogens is 2. The van der Waals surface area contributed by atoms with Gasteiger partial charge in [-0.05, 0) is 30.9 Å². The lowest BCUT2D eigenvalue weighted by atomic mass is 9.95. The molecule has 0 aliphatic heterocycles. The van der Waals surface area contributed by atoms with E-state index in [0.29, 0.717) is 12.0 Å². The van der Waals surface area contributed by atoms with Gasteiger partial charge in [0, 0.05) is 17.0 Å². The summed E-state index contributed by atoms with van der Waals surface area (Å²) in [6.45, 7) is 3.87. The third-order valence-corrected chi connectivity index (χ3v) is 3.53. The Hall–Kier alpha value is -1.16. The summed E-state index contributed by atoms with van der Waals surface area (Å²) < 4.78 is 13.1. The summed E-state index contributed by atoms with van der Waals surface area (Å²) >= 11 is 6.07. The van der Waals surface area contributed by atoms with E-state index < -0.39 is 10.7 Å². The van der Waals surface area contributed by atoms with E-state index in [1.165, 1.54) is 12.1 Å². The second-order valence-electron chi connectivity index (χ2n) is 4.14. The van der Waals surface area contributed by atoms with Gasteiger partial charge in [0.05, 0.1) is 4.92 Å². The Morgan fingerprint density at radius 2 is 2.18 bits per heavy atom. The monoisotopic (exact) mass is 259 g/mol. The molecular formula is C12H15ClFNO2. The molecule has 0 radical (unpaired) electrons. The molecule has 1 aromatic rings. The van der Waals surface area contributed by atoms with Crippen LogP contribution in [0.15, 0.2) is 18.2 Å². The Morgan fingerprint density at radius 3 is 2.71 bits per heavy atom. The minimum atomic E-state index is -0.489. The molecule has 0 amide bonds. The minimum absolute atomic E-state index is 0.0433. The second-order valence-corrected chi connectivity index (χ2v) is 4.70. The van der Waals surface area contributed by atoms with Gasteiger partial charge in [-0.25, -0.2) is 4.39 Å². The molecule has 17 heavy (non-hydrogen) atoms. The third-order valence-electron chi connectivity index (χ3n) is 2.79. The number of benzene rings is 1. The van der Waals surface area contributed by atoms with Gasteiger partial charge in [-0.2, -0.15) is 0 Å². The zero-order chi connectivity index (χ0) is 13.0. The van der Waals surface area contributed by atoms with Crippen molar-refractivity contribution in [3.05, 3.63) is 39.7 Å². The molecule has 1 rings (SSSR count). The first-order valence-electron chi connectivity index (χ1n) is 5.52. The molecule has 5 heteroatoms. The highest BCUT2D eigenvalue weighted by atomic mass is 35.5. The lowest BCUT2D eigenvalue weighted by molar-refractivity contribution is -0.385. The quantitative estimate of drug-likeness (QED) is 0.457. The topological polar surface area (TPSA) is 43.1 Å². The van der Waals surface area contributed by atoms with Crippen molar-refractivity contribution in [1.29, 1.82) is 0 Å². The fraction of sp³-hybridized carbons (Fsp3) is 0.500. The second kappa shape index (κ2) is 5.96. The van der Waals surface area contributed by atoms with Crippen LogP contribution in [0.1, 0.15) is 25.8 Å². The van der Waals surface area contributed by atoms with Crippen LogP contribution in [0.3, 0.4) is 0 Å². The highest BCUT2D eigenvalue weighted by Crippen LogP contribution is 2.26. The minimum Gasteiger partial charge on any atom is -0.258 e. The molecule has 94 valence electrons. The maximum absolute atomic E-state index is 13.1. The summed E-state index contributed by atoms with van der Waals surface area (Å²) in [5.74, 6) is -0.386. The molecule has 0 saturated carbocycles. The van der Waals surface area contributed by atoms with E-state index in [2.05, 4.69) is 0 Å². The predicted octanol–water partition coefficient (Wildman–Crippen LogP) is 3.93. The van der Waals surface area contributed by atoms with Gasteiger partial charge in [0.25, 0.3) is 5.69 Å². The smallest absolute Gasteiger partial charge is 0.258 e. The van der Waals surface area contributed by atoms with Gasteiger partial charge in [0.1, 0.15) is 5.82 Å². The molecule has 0 aliphatic rings. The van der Waals surface area contributed by atoms with E-state index in [1.54, 1.807) is 0 Å². The molecule has 0 heterocycles. The molecule has 3 nitrogen and oxygen atoms in total. The van der Waals surface area contributed by atoms with Crippen molar-refractivity contribution in [3.63, 3.8) is 0 Å². The van der Waals surface area contributed by atoms with Gasteiger partial charge in [-0.1, -0.05) is 13.8 Å². The van der Waals surface area contributed by atoms with Crippen molar-refractivity contribution in [2.45, 2.75) is 32.1 Å². The van der Waals surface area contributed by atoms with Gasteiger partial charge < -0.3 is 0 Å². The Kier molecular flexibility index (Phi) is 4.87. The molecule has 1 aromatic carbocycles. The standard InChI is InChI=1S/C12H15ClFNO2/c1-3-11(13)8(2)6-9-7-10(14)4-5-12(9)15(16)17/h4-5,7-8,11H,3,6H2,1-2H3. The first kappa shape index (κ1) is 13.9.